The first-order valence-electron chi connectivity index (χ1n) is 6.94. The molecule has 1 saturated carbocycles. The number of carbonyl (C=O) groups is 1. The molecule has 0 aromatic rings. The molecular weight excluding hydrogens is 198 g/mol. The maximum atomic E-state index is 11.7. The SMILES string of the molecule is CC(=O)C1CCCCN1C1CCCC(C)C1. The summed E-state index contributed by atoms with van der Waals surface area (Å²) in [6, 6.07) is 0.932. The Bertz CT molecular complexity index is 251. The summed E-state index contributed by atoms with van der Waals surface area (Å²) in [5, 5.41) is 0. The van der Waals surface area contributed by atoms with Gasteiger partial charge >= 0.3 is 0 Å². The lowest BCUT2D eigenvalue weighted by atomic mass is 9.84. The van der Waals surface area contributed by atoms with E-state index in [1.54, 1.807) is 6.92 Å². The fraction of sp³-hybridized carbons (Fsp3) is 0.929. The molecule has 2 aliphatic rings. The lowest BCUT2D eigenvalue weighted by Crippen LogP contribution is -2.50. The topological polar surface area (TPSA) is 20.3 Å². The van der Waals surface area contributed by atoms with Crippen LogP contribution in [0.4, 0.5) is 0 Å². The zero-order valence-corrected chi connectivity index (χ0v) is 10.7. The van der Waals surface area contributed by atoms with Crippen molar-refractivity contribution >= 4 is 5.78 Å². The van der Waals surface area contributed by atoms with Gasteiger partial charge in [-0.1, -0.05) is 26.2 Å². The van der Waals surface area contributed by atoms with Crippen molar-refractivity contribution < 1.29 is 4.79 Å². The van der Waals surface area contributed by atoms with Crippen molar-refractivity contribution in [3.8, 4) is 0 Å². The summed E-state index contributed by atoms with van der Waals surface area (Å²) in [7, 11) is 0. The monoisotopic (exact) mass is 223 g/mol. The molecule has 2 nitrogen and oxygen atoms in total. The highest BCUT2D eigenvalue weighted by molar-refractivity contribution is 5.81. The quantitative estimate of drug-likeness (QED) is 0.717. The fourth-order valence-corrected chi connectivity index (χ4v) is 3.53. The number of likely N-dealkylation sites (tertiary alicyclic amines) is 1. The minimum atomic E-state index is 0.240. The van der Waals surface area contributed by atoms with Crippen molar-refractivity contribution in [3.63, 3.8) is 0 Å². The van der Waals surface area contributed by atoms with Gasteiger partial charge in [-0.05, 0) is 45.1 Å². The van der Waals surface area contributed by atoms with Gasteiger partial charge in [0.15, 0.2) is 0 Å². The van der Waals surface area contributed by atoms with Crippen molar-refractivity contribution in [2.75, 3.05) is 6.54 Å². The van der Waals surface area contributed by atoms with Crippen molar-refractivity contribution in [1.29, 1.82) is 0 Å². The van der Waals surface area contributed by atoms with E-state index in [2.05, 4.69) is 11.8 Å². The first-order valence-corrected chi connectivity index (χ1v) is 6.94. The van der Waals surface area contributed by atoms with E-state index >= 15 is 0 Å². The van der Waals surface area contributed by atoms with Crippen molar-refractivity contribution in [1.82, 2.24) is 4.90 Å². The summed E-state index contributed by atoms with van der Waals surface area (Å²) in [5.74, 6) is 1.24. The minimum Gasteiger partial charge on any atom is -0.298 e. The van der Waals surface area contributed by atoms with E-state index in [0.29, 0.717) is 11.8 Å². The van der Waals surface area contributed by atoms with Gasteiger partial charge in [-0.3, -0.25) is 9.69 Å². The van der Waals surface area contributed by atoms with Crippen LogP contribution < -0.4 is 0 Å². The molecule has 0 aromatic heterocycles. The molecule has 1 aliphatic heterocycles. The third-order valence-corrected chi connectivity index (χ3v) is 4.39. The Kier molecular flexibility index (Phi) is 4.01. The number of hydrogen-bond donors (Lipinski definition) is 0. The second kappa shape index (κ2) is 5.31. The van der Waals surface area contributed by atoms with Gasteiger partial charge in [0.05, 0.1) is 6.04 Å². The molecule has 2 fully saturated rings. The molecule has 2 heteroatoms. The molecule has 16 heavy (non-hydrogen) atoms. The predicted molar refractivity (Wildman–Crippen MR) is 66.4 cm³/mol. The molecule has 92 valence electrons. The van der Waals surface area contributed by atoms with Gasteiger partial charge in [0.25, 0.3) is 0 Å². The number of hydrogen-bond acceptors (Lipinski definition) is 2. The minimum absolute atomic E-state index is 0.240. The maximum Gasteiger partial charge on any atom is 0.146 e. The number of piperidine rings is 1. The molecule has 0 spiro atoms. The molecule has 2 rings (SSSR count). The summed E-state index contributed by atoms with van der Waals surface area (Å²) in [6.45, 7) is 5.29. The van der Waals surface area contributed by atoms with Crippen LogP contribution in [0.5, 0.6) is 0 Å². The number of rotatable bonds is 2. The highest BCUT2D eigenvalue weighted by Crippen LogP contribution is 2.31. The number of carbonyl (C=O) groups excluding carboxylic acids is 1. The summed E-state index contributed by atoms with van der Waals surface area (Å²) in [4.78, 5) is 14.2. The van der Waals surface area contributed by atoms with Gasteiger partial charge in [0.2, 0.25) is 0 Å². The summed E-state index contributed by atoms with van der Waals surface area (Å²) < 4.78 is 0. The van der Waals surface area contributed by atoms with E-state index in [9.17, 15) is 4.79 Å². The Hall–Kier alpha value is -0.370. The summed E-state index contributed by atoms with van der Waals surface area (Å²) in [5.41, 5.74) is 0. The molecule has 0 amide bonds. The molecule has 3 atom stereocenters. The zero-order chi connectivity index (χ0) is 11.5. The second-order valence-electron chi connectivity index (χ2n) is 5.79. The third-order valence-electron chi connectivity index (χ3n) is 4.39. The lowest BCUT2D eigenvalue weighted by Gasteiger charge is -2.43. The van der Waals surface area contributed by atoms with Gasteiger partial charge in [-0.2, -0.15) is 0 Å². The van der Waals surface area contributed by atoms with Gasteiger partial charge in [0.1, 0.15) is 5.78 Å². The van der Waals surface area contributed by atoms with Crippen molar-refractivity contribution in [3.05, 3.63) is 0 Å². The van der Waals surface area contributed by atoms with Crippen molar-refractivity contribution in [2.45, 2.75) is 70.9 Å². The predicted octanol–water partition coefficient (Wildman–Crippen LogP) is 3.01. The number of ketones is 1. The average Bonchev–Trinajstić information content (AvgIpc) is 2.29. The largest absolute Gasteiger partial charge is 0.298 e. The standard InChI is InChI=1S/C14H25NO/c1-11-6-5-7-13(10-11)15-9-4-3-8-14(15)12(2)16/h11,13-14H,3-10H2,1-2H3. The molecule has 3 unspecified atom stereocenters. The molecular formula is C14H25NO. The van der Waals surface area contributed by atoms with Crippen LogP contribution in [0.15, 0.2) is 0 Å². The first kappa shape index (κ1) is 12.1. The van der Waals surface area contributed by atoms with Crippen LogP contribution in [-0.4, -0.2) is 29.3 Å². The van der Waals surface area contributed by atoms with E-state index in [1.807, 2.05) is 0 Å². The van der Waals surface area contributed by atoms with Crippen LogP contribution in [-0.2, 0) is 4.79 Å². The highest BCUT2D eigenvalue weighted by Gasteiger charge is 2.33. The van der Waals surface area contributed by atoms with Crippen LogP contribution >= 0.6 is 0 Å². The van der Waals surface area contributed by atoms with Crippen LogP contribution in [0, 0.1) is 5.92 Å². The van der Waals surface area contributed by atoms with Crippen LogP contribution in [0.2, 0.25) is 0 Å². The first-order chi connectivity index (χ1) is 7.68. The van der Waals surface area contributed by atoms with E-state index < -0.39 is 0 Å². The van der Waals surface area contributed by atoms with E-state index in [1.165, 1.54) is 38.5 Å². The Morgan fingerprint density at radius 1 is 1.12 bits per heavy atom. The van der Waals surface area contributed by atoms with E-state index in [-0.39, 0.29) is 6.04 Å². The van der Waals surface area contributed by atoms with E-state index in [4.69, 9.17) is 0 Å². The normalized spacial score (nSPS) is 37.2. The number of nitrogens with zero attached hydrogens (tertiary/aromatic N) is 1. The average molecular weight is 223 g/mol. The smallest absolute Gasteiger partial charge is 0.146 e. The Morgan fingerprint density at radius 3 is 2.62 bits per heavy atom. The molecule has 1 aliphatic carbocycles. The lowest BCUT2D eigenvalue weighted by molar-refractivity contribution is -0.125. The molecule has 0 bridgehead atoms. The highest BCUT2D eigenvalue weighted by atomic mass is 16.1. The molecule has 0 aromatic carbocycles. The summed E-state index contributed by atoms with van der Waals surface area (Å²) in [6.07, 6.45) is 8.98. The molecule has 0 N–H and O–H groups in total. The molecule has 1 heterocycles. The zero-order valence-electron chi connectivity index (χ0n) is 10.7. The Morgan fingerprint density at radius 2 is 1.94 bits per heavy atom. The van der Waals surface area contributed by atoms with Crippen LogP contribution in [0.1, 0.15) is 58.8 Å². The Labute approximate surface area is 99.4 Å². The molecule has 0 radical (unpaired) electrons. The molecule has 1 saturated heterocycles. The number of Topliss-reactive ketones (excluding diaryl/α,β-unsaturated/α-hetero) is 1. The van der Waals surface area contributed by atoms with Crippen molar-refractivity contribution in [2.24, 2.45) is 5.92 Å². The second-order valence-corrected chi connectivity index (χ2v) is 5.79. The Balaban J connectivity index is 2.01. The van der Waals surface area contributed by atoms with Crippen LogP contribution in [0.25, 0.3) is 0 Å². The van der Waals surface area contributed by atoms with Gasteiger partial charge < -0.3 is 0 Å². The summed E-state index contributed by atoms with van der Waals surface area (Å²) >= 11 is 0. The van der Waals surface area contributed by atoms with Crippen LogP contribution in [0.3, 0.4) is 0 Å². The van der Waals surface area contributed by atoms with Gasteiger partial charge in [-0.25, -0.2) is 0 Å². The van der Waals surface area contributed by atoms with Gasteiger partial charge in [0, 0.05) is 6.04 Å². The van der Waals surface area contributed by atoms with E-state index in [0.717, 1.165) is 18.9 Å². The van der Waals surface area contributed by atoms with Gasteiger partial charge in [-0.15, -0.1) is 0 Å². The fourth-order valence-electron chi connectivity index (χ4n) is 3.53. The third kappa shape index (κ3) is 2.65. The maximum absolute atomic E-state index is 11.7.